The van der Waals surface area contributed by atoms with E-state index in [0.717, 1.165) is 10.9 Å². The van der Waals surface area contributed by atoms with E-state index in [4.69, 9.17) is 18.3 Å². The summed E-state index contributed by atoms with van der Waals surface area (Å²) < 4.78 is 21.7. The van der Waals surface area contributed by atoms with E-state index in [1.807, 2.05) is 36.4 Å². The minimum absolute atomic E-state index is 0.0104. The first-order valence-corrected chi connectivity index (χ1v) is 8.25. The number of benzene rings is 2. The zero-order valence-corrected chi connectivity index (χ0v) is 14.0. The Morgan fingerprint density at radius 2 is 1.89 bits per heavy atom. The van der Waals surface area contributed by atoms with E-state index in [9.17, 15) is 4.79 Å². The van der Waals surface area contributed by atoms with E-state index in [1.54, 1.807) is 12.1 Å². The summed E-state index contributed by atoms with van der Waals surface area (Å²) in [6.07, 6.45) is 0.407. The van der Waals surface area contributed by atoms with Gasteiger partial charge < -0.3 is 18.3 Å². The summed E-state index contributed by atoms with van der Waals surface area (Å²) >= 11 is 0. The first kappa shape index (κ1) is 15.4. The molecule has 2 aromatic carbocycles. The molecule has 0 fully saturated rings. The van der Waals surface area contributed by atoms with Gasteiger partial charge in [-0.05, 0) is 29.8 Å². The molecule has 8 nitrogen and oxygen atoms in total. The smallest absolute Gasteiger partial charge is 0.322 e. The van der Waals surface area contributed by atoms with Crippen LogP contribution in [0.1, 0.15) is 22.0 Å². The third-order valence-corrected chi connectivity index (χ3v) is 4.13. The molecule has 0 bridgehead atoms. The molecule has 5 rings (SSSR count). The fraction of sp³-hybridized carbons (Fsp3) is 0.105. The van der Waals surface area contributed by atoms with E-state index in [2.05, 4.69) is 15.5 Å². The van der Waals surface area contributed by atoms with Crippen molar-refractivity contribution >= 4 is 22.9 Å². The van der Waals surface area contributed by atoms with Gasteiger partial charge in [0.1, 0.15) is 5.58 Å². The highest BCUT2D eigenvalue weighted by Crippen LogP contribution is 2.33. The highest BCUT2D eigenvalue weighted by Gasteiger charge is 2.17. The number of carbonyl (C=O) groups is 1. The molecule has 0 aliphatic carbocycles. The number of carbonyl (C=O) groups excluding carboxylic acids is 1. The number of nitrogens with zero attached hydrogens (tertiary/aromatic N) is 2. The van der Waals surface area contributed by atoms with Crippen molar-refractivity contribution in [2.75, 3.05) is 12.1 Å². The molecule has 27 heavy (non-hydrogen) atoms. The molecule has 0 saturated heterocycles. The fourth-order valence-electron chi connectivity index (χ4n) is 2.85. The summed E-state index contributed by atoms with van der Waals surface area (Å²) in [5.41, 5.74) is 1.56. The molecule has 134 valence electrons. The van der Waals surface area contributed by atoms with Crippen LogP contribution < -0.4 is 14.8 Å². The zero-order chi connectivity index (χ0) is 18.2. The Kier molecular flexibility index (Phi) is 3.53. The third-order valence-electron chi connectivity index (χ3n) is 4.13. The van der Waals surface area contributed by atoms with Gasteiger partial charge in [0.2, 0.25) is 12.7 Å². The fourth-order valence-corrected chi connectivity index (χ4v) is 2.85. The van der Waals surface area contributed by atoms with E-state index < -0.39 is 5.91 Å². The standard InChI is InChI=1S/C19H13N3O5/c23-18(16-9-12-3-1-2-4-13(12)26-16)20-19-22-21-17(27-19)8-11-5-6-14-15(7-11)25-10-24-14/h1-7,9H,8,10H2,(H,20,22,23). The van der Waals surface area contributed by atoms with Crippen LogP contribution in [0, 0.1) is 0 Å². The minimum Gasteiger partial charge on any atom is -0.454 e. The second kappa shape index (κ2) is 6.17. The molecular weight excluding hydrogens is 350 g/mol. The highest BCUT2D eigenvalue weighted by molar-refractivity contribution is 6.03. The average molecular weight is 363 g/mol. The van der Waals surface area contributed by atoms with Crippen molar-refractivity contribution in [2.45, 2.75) is 6.42 Å². The predicted octanol–water partition coefficient (Wildman–Crippen LogP) is 3.39. The lowest BCUT2D eigenvalue weighted by molar-refractivity contribution is 0.0995. The van der Waals surface area contributed by atoms with Gasteiger partial charge in [-0.15, -0.1) is 5.10 Å². The van der Waals surface area contributed by atoms with Gasteiger partial charge in [-0.25, -0.2) is 0 Å². The van der Waals surface area contributed by atoms with Crippen molar-refractivity contribution in [1.82, 2.24) is 10.2 Å². The number of aromatic nitrogens is 2. The quantitative estimate of drug-likeness (QED) is 0.593. The molecule has 0 spiro atoms. The maximum Gasteiger partial charge on any atom is 0.322 e. The second-order valence-corrected chi connectivity index (χ2v) is 5.97. The number of rotatable bonds is 4. The number of anilines is 1. The van der Waals surface area contributed by atoms with Crippen molar-refractivity contribution in [3.05, 3.63) is 65.7 Å². The van der Waals surface area contributed by atoms with E-state index >= 15 is 0 Å². The van der Waals surface area contributed by atoms with Crippen LogP contribution in [-0.4, -0.2) is 22.9 Å². The molecule has 2 aromatic heterocycles. The minimum atomic E-state index is -0.454. The molecule has 8 heteroatoms. The Labute approximate surface area is 152 Å². The molecule has 0 radical (unpaired) electrons. The zero-order valence-electron chi connectivity index (χ0n) is 14.0. The van der Waals surface area contributed by atoms with Crippen LogP contribution in [0.3, 0.4) is 0 Å². The molecule has 1 aliphatic rings. The number of nitrogens with one attached hydrogen (secondary N) is 1. The topological polar surface area (TPSA) is 99.6 Å². The van der Waals surface area contributed by atoms with Gasteiger partial charge in [0.15, 0.2) is 17.3 Å². The molecule has 1 aliphatic heterocycles. The lowest BCUT2D eigenvalue weighted by Gasteiger charge is -2.00. The van der Waals surface area contributed by atoms with Crippen molar-refractivity contribution < 1.29 is 23.1 Å². The lowest BCUT2D eigenvalue weighted by Crippen LogP contribution is -2.10. The van der Waals surface area contributed by atoms with Crippen LogP contribution in [0.5, 0.6) is 11.5 Å². The number of fused-ring (bicyclic) bond motifs is 2. The number of para-hydroxylation sites is 1. The summed E-state index contributed by atoms with van der Waals surface area (Å²) in [5, 5.41) is 11.2. The molecule has 0 saturated carbocycles. The van der Waals surface area contributed by atoms with E-state index in [1.165, 1.54) is 0 Å². The number of hydrogen-bond acceptors (Lipinski definition) is 7. The monoisotopic (exact) mass is 363 g/mol. The Bertz CT molecular complexity index is 1110. The first-order chi connectivity index (χ1) is 13.2. The molecule has 0 atom stereocenters. The van der Waals surface area contributed by atoms with Crippen molar-refractivity contribution in [3.63, 3.8) is 0 Å². The molecular formula is C19H13N3O5. The first-order valence-electron chi connectivity index (χ1n) is 8.25. The van der Waals surface area contributed by atoms with Crippen molar-refractivity contribution in [2.24, 2.45) is 0 Å². The maximum atomic E-state index is 12.3. The normalized spacial score (nSPS) is 12.4. The van der Waals surface area contributed by atoms with Crippen LogP contribution in [-0.2, 0) is 6.42 Å². The summed E-state index contributed by atoms with van der Waals surface area (Å²) in [6.45, 7) is 0.220. The van der Waals surface area contributed by atoms with Gasteiger partial charge in [0.25, 0.3) is 5.91 Å². The summed E-state index contributed by atoms with van der Waals surface area (Å²) in [7, 11) is 0. The number of amides is 1. The van der Waals surface area contributed by atoms with Gasteiger partial charge in [-0.1, -0.05) is 29.4 Å². The molecule has 0 unspecified atom stereocenters. The Balaban J connectivity index is 1.29. The molecule has 1 amide bonds. The second-order valence-electron chi connectivity index (χ2n) is 5.97. The summed E-state index contributed by atoms with van der Waals surface area (Å²) in [6, 6.07) is 14.6. The van der Waals surface area contributed by atoms with Crippen molar-refractivity contribution in [3.8, 4) is 11.5 Å². The third kappa shape index (κ3) is 2.97. The maximum absolute atomic E-state index is 12.3. The molecule has 1 N–H and O–H groups in total. The van der Waals surface area contributed by atoms with Crippen LogP contribution in [0.15, 0.2) is 57.4 Å². The predicted molar refractivity (Wildman–Crippen MR) is 93.8 cm³/mol. The lowest BCUT2D eigenvalue weighted by atomic mass is 10.1. The summed E-state index contributed by atoms with van der Waals surface area (Å²) in [4.78, 5) is 12.3. The SMILES string of the molecule is O=C(Nc1nnc(Cc2ccc3c(c2)OCO3)o1)c1cc2ccccc2o1. The van der Waals surface area contributed by atoms with Gasteiger partial charge in [0, 0.05) is 5.39 Å². The Morgan fingerprint density at radius 1 is 1.00 bits per heavy atom. The van der Waals surface area contributed by atoms with Crippen LogP contribution in [0.25, 0.3) is 11.0 Å². The largest absolute Gasteiger partial charge is 0.454 e. The average Bonchev–Trinajstić information content (AvgIpc) is 3.40. The number of furan rings is 1. The highest BCUT2D eigenvalue weighted by atomic mass is 16.7. The van der Waals surface area contributed by atoms with Gasteiger partial charge in [0.05, 0.1) is 6.42 Å². The summed E-state index contributed by atoms with van der Waals surface area (Å²) in [5.74, 6) is 1.48. The van der Waals surface area contributed by atoms with Crippen LogP contribution >= 0.6 is 0 Å². The number of hydrogen-bond donors (Lipinski definition) is 1. The van der Waals surface area contributed by atoms with Gasteiger partial charge in [-0.2, -0.15) is 0 Å². The van der Waals surface area contributed by atoms with E-state index in [-0.39, 0.29) is 18.6 Å². The Hall–Kier alpha value is -3.81. The van der Waals surface area contributed by atoms with E-state index in [0.29, 0.717) is 29.4 Å². The molecule has 4 aromatic rings. The van der Waals surface area contributed by atoms with Gasteiger partial charge >= 0.3 is 6.01 Å². The molecule has 3 heterocycles. The van der Waals surface area contributed by atoms with Crippen LogP contribution in [0.2, 0.25) is 0 Å². The Morgan fingerprint density at radius 3 is 2.81 bits per heavy atom. The number of ether oxygens (including phenoxy) is 2. The van der Waals surface area contributed by atoms with Gasteiger partial charge in [-0.3, -0.25) is 10.1 Å². The van der Waals surface area contributed by atoms with Crippen molar-refractivity contribution in [1.29, 1.82) is 0 Å². The van der Waals surface area contributed by atoms with Crippen LogP contribution in [0.4, 0.5) is 6.01 Å².